The lowest BCUT2D eigenvalue weighted by Gasteiger charge is -2.35. The Bertz CT molecular complexity index is 1400. The van der Waals surface area contributed by atoms with Gasteiger partial charge in [0.15, 0.2) is 0 Å². The number of anilines is 1. The van der Waals surface area contributed by atoms with Gasteiger partial charge in [0.2, 0.25) is 21.8 Å². The minimum absolute atomic E-state index is 0.123. The van der Waals surface area contributed by atoms with E-state index in [9.17, 15) is 18.0 Å². The van der Waals surface area contributed by atoms with Gasteiger partial charge in [0.25, 0.3) is 0 Å². The Balaban J connectivity index is 2.09. The fourth-order valence-electron chi connectivity index (χ4n) is 4.33. The highest BCUT2D eigenvalue weighted by molar-refractivity contribution is 7.92. The maximum absolute atomic E-state index is 14.1. The lowest BCUT2D eigenvalue weighted by Crippen LogP contribution is -2.56. The van der Waals surface area contributed by atoms with Crippen molar-refractivity contribution in [1.29, 1.82) is 0 Å². The highest BCUT2D eigenvalue weighted by Gasteiger charge is 2.34. The number of para-hydroxylation sites is 2. The number of nitrogens with one attached hydrogen (secondary N) is 1. The Morgan fingerprint density at radius 1 is 0.900 bits per heavy atom. The number of methoxy groups -OCH3 is 1. The van der Waals surface area contributed by atoms with Crippen LogP contribution in [0.1, 0.15) is 37.5 Å². The van der Waals surface area contributed by atoms with E-state index >= 15 is 0 Å². The van der Waals surface area contributed by atoms with Crippen molar-refractivity contribution in [3.8, 4) is 5.75 Å². The molecule has 0 aromatic heterocycles. The quantitative estimate of drug-likeness (QED) is 0.374. The number of carbonyl (C=O) groups excluding carboxylic acids is 2. The number of hydrogen-bond acceptors (Lipinski definition) is 5. The first kappa shape index (κ1) is 30.7. The monoisotopic (exact) mass is 565 g/mol. The van der Waals surface area contributed by atoms with Gasteiger partial charge in [-0.3, -0.25) is 13.9 Å². The van der Waals surface area contributed by atoms with E-state index in [0.29, 0.717) is 5.75 Å². The fraction of sp³-hybridized carbons (Fsp3) is 0.355. The van der Waals surface area contributed by atoms with E-state index in [-0.39, 0.29) is 24.6 Å². The second kappa shape index (κ2) is 13.0. The molecule has 3 rings (SSSR count). The van der Waals surface area contributed by atoms with Gasteiger partial charge in [-0.2, -0.15) is 0 Å². The van der Waals surface area contributed by atoms with Crippen molar-refractivity contribution in [2.75, 3.05) is 24.2 Å². The first-order valence-corrected chi connectivity index (χ1v) is 14.9. The smallest absolute Gasteiger partial charge is 0.244 e. The molecule has 0 aliphatic carbocycles. The predicted octanol–water partition coefficient (Wildman–Crippen LogP) is 4.32. The molecule has 9 heteroatoms. The number of amides is 2. The number of aryl methyl sites for hydroxylation is 1. The topological polar surface area (TPSA) is 96.0 Å². The summed E-state index contributed by atoms with van der Waals surface area (Å²) < 4.78 is 32.3. The van der Waals surface area contributed by atoms with E-state index in [2.05, 4.69) is 5.32 Å². The zero-order valence-electron chi connectivity index (χ0n) is 24.0. The van der Waals surface area contributed by atoms with Crippen LogP contribution in [0.3, 0.4) is 0 Å². The molecule has 0 aliphatic rings. The lowest BCUT2D eigenvalue weighted by atomic mass is 10.0. The number of hydrogen-bond donors (Lipinski definition) is 1. The molecular formula is C31H39N3O5S. The summed E-state index contributed by atoms with van der Waals surface area (Å²) in [7, 11) is -2.44. The number of sulfonamides is 1. The molecule has 1 atom stereocenters. The third-order valence-corrected chi connectivity index (χ3v) is 7.40. The maximum atomic E-state index is 14.1. The van der Waals surface area contributed by atoms with E-state index in [1.807, 2.05) is 82.3 Å². The van der Waals surface area contributed by atoms with Gasteiger partial charge in [-0.1, -0.05) is 72.3 Å². The zero-order valence-corrected chi connectivity index (χ0v) is 24.9. The molecule has 0 unspecified atom stereocenters. The van der Waals surface area contributed by atoms with Crippen LogP contribution in [-0.2, 0) is 32.6 Å². The number of nitrogens with zero attached hydrogens (tertiary/aromatic N) is 2. The van der Waals surface area contributed by atoms with Gasteiger partial charge in [0, 0.05) is 18.5 Å². The molecule has 0 radical (unpaired) electrons. The molecule has 2 amide bonds. The number of benzene rings is 3. The molecule has 0 fully saturated rings. The molecule has 8 nitrogen and oxygen atoms in total. The molecule has 0 spiro atoms. The molecule has 0 saturated heterocycles. The van der Waals surface area contributed by atoms with E-state index < -0.39 is 34.1 Å². The second-order valence-electron chi connectivity index (χ2n) is 10.9. The highest BCUT2D eigenvalue weighted by atomic mass is 32.2. The van der Waals surface area contributed by atoms with Gasteiger partial charge in [0.05, 0.1) is 19.1 Å². The fourth-order valence-corrected chi connectivity index (χ4v) is 5.18. The van der Waals surface area contributed by atoms with Crippen LogP contribution in [0, 0.1) is 6.92 Å². The van der Waals surface area contributed by atoms with Crippen molar-refractivity contribution in [3.63, 3.8) is 0 Å². The number of rotatable bonds is 11. The molecule has 3 aromatic rings. The van der Waals surface area contributed by atoms with Gasteiger partial charge < -0.3 is 15.0 Å². The molecule has 0 aliphatic heterocycles. The van der Waals surface area contributed by atoms with Crippen LogP contribution >= 0.6 is 0 Å². The highest BCUT2D eigenvalue weighted by Crippen LogP contribution is 2.30. The van der Waals surface area contributed by atoms with Crippen molar-refractivity contribution < 1.29 is 22.7 Å². The van der Waals surface area contributed by atoms with Crippen LogP contribution in [0.2, 0.25) is 0 Å². The summed E-state index contributed by atoms with van der Waals surface area (Å²) in [6.45, 7) is 7.23. The van der Waals surface area contributed by atoms with E-state index in [1.165, 1.54) is 12.0 Å². The van der Waals surface area contributed by atoms with Crippen molar-refractivity contribution in [2.45, 2.75) is 52.2 Å². The average molecular weight is 566 g/mol. The van der Waals surface area contributed by atoms with Crippen molar-refractivity contribution in [1.82, 2.24) is 10.2 Å². The summed E-state index contributed by atoms with van der Waals surface area (Å²) in [4.78, 5) is 29.4. The Morgan fingerprint density at radius 2 is 1.50 bits per heavy atom. The summed E-state index contributed by atoms with van der Waals surface area (Å²) in [5, 5.41) is 3.02. The molecule has 0 heterocycles. The van der Waals surface area contributed by atoms with Crippen molar-refractivity contribution >= 4 is 27.5 Å². The van der Waals surface area contributed by atoms with E-state index in [0.717, 1.165) is 27.3 Å². The summed E-state index contributed by atoms with van der Waals surface area (Å²) >= 11 is 0. The van der Waals surface area contributed by atoms with E-state index in [1.54, 1.807) is 24.3 Å². The van der Waals surface area contributed by atoms with Crippen LogP contribution < -0.4 is 14.4 Å². The molecule has 3 aromatic carbocycles. The largest absolute Gasteiger partial charge is 0.495 e. The van der Waals surface area contributed by atoms with Gasteiger partial charge in [-0.15, -0.1) is 0 Å². The Hall–Kier alpha value is -3.85. The second-order valence-corrected chi connectivity index (χ2v) is 12.8. The van der Waals surface area contributed by atoms with E-state index in [4.69, 9.17) is 4.74 Å². The van der Waals surface area contributed by atoms with Crippen LogP contribution in [0.15, 0.2) is 78.9 Å². The minimum atomic E-state index is -3.89. The Morgan fingerprint density at radius 3 is 2.08 bits per heavy atom. The Labute approximate surface area is 238 Å². The molecule has 214 valence electrons. The molecule has 0 bridgehead atoms. The van der Waals surface area contributed by atoms with Crippen molar-refractivity contribution in [3.05, 3.63) is 95.6 Å². The van der Waals surface area contributed by atoms with Crippen LogP contribution in [-0.4, -0.2) is 56.6 Å². The average Bonchev–Trinajstić information content (AvgIpc) is 2.89. The van der Waals surface area contributed by atoms with Crippen LogP contribution in [0.4, 0.5) is 5.69 Å². The third-order valence-electron chi connectivity index (χ3n) is 6.28. The van der Waals surface area contributed by atoms with Gasteiger partial charge >= 0.3 is 0 Å². The summed E-state index contributed by atoms with van der Waals surface area (Å²) in [6, 6.07) is 22.9. The van der Waals surface area contributed by atoms with Crippen LogP contribution in [0.25, 0.3) is 0 Å². The Kier molecular flexibility index (Phi) is 9.98. The molecular weight excluding hydrogens is 526 g/mol. The maximum Gasteiger partial charge on any atom is 0.244 e. The zero-order chi connectivity index (χ0) is 29.5. The molecule has 1 N–H and O–H groups in total. The standard InChI is InChI=1S/C31H39N3O5S/c1-23-16-18-25(19-17-23)21-33(27(30(36)32-31(2,3)4)20-24-12-8-7-9-13-24)29(35)22-34(40(6,37)38)26-14-10-11-15-28(26)39-5/h7-19,27H,20-22H2,1-6H3,(H,32,36)/t27-/m1/s1. The van der Waals surface area contributed by atoms with Gasteiger partial charge in [-0.05, 0) is 51.0 Å². The van der Waals surface area contributed by atoms with Crippen LogP contribution in [0.5, 0.6) is 5.75 Å². The van der Waals surface area contributed by atoms with Gasteiger partial charge in [-0.25, -0.2) is 8.42 Å². The number of ether oxygens (including phenoxy) is 1. The third kappa shape index (κ3) is 8.58. The molecule has 40 heavy (non-hydrogen) atoms. The first-order chi connectivity index (χ1) is 18.8. The number of carbonyl (C=O) groups is 2. The normalized spacial score (nSPS) is 12.3. The predicted molar refractivity (Wildman–Crippen MR) is 159 cm³/mol. The molecule has 0 saturated carbocycles. The first-order valence-electron chi connectivity index (χ1n) is 13.1. The SMILES string of the molecule is COc1ccccc1N(CC(=O)N(Cc1ccc(C)cc1)[C@H](Cc1ccccc1)C(=O)NC(C)(C)C)S(C)(=O)=O. The summed E-state index contributed by atoms with van der Waals surface area (Å²) in [5.41, 5.74) is 2.47. The lowest BCUT2D eigenvalue weighted by molar-refractivity contribution is -0.140. The van der Waals surface area contributed by atoms with Crippen molar-refractivity contribution in [2.24, 2.45) is 0 Å². The summed E-state index contributed by atoms with van der Waals surface area (Å²) in [6.07, 6.45) is 1.30. The van der Waals surface area contributed by atoms with Gasteiger partial charge in [0.1, 0.15) is 18.3 Å². The minimum Gasteiger partial charge on any atom is -0.495 e. The summed E-state index contributed by atoms with van der Waals surface area (Å²) in [5.74, 6) is -0.515.